The molecule has 0 N–H and O–H groups in total. The molecule has 1 saturated heterocycles. The van der Waals surface area contributed by atoms with Gasteiger partial charge in [0, 0.05) is 38.6 Å². The van der Waals surface area contributed by atoms with Gasteiger partial charge in [-0.05, 0) is 30.3 Å². The van der Waals surface area contributed by atoms with E-state index in [0.29, 0.717) is 0 Å². The lowest BCUT2D eigenvalue weighted by atomic mass is 10.2. The predicted molar refractivity (Wildman–Crippen MR) is 109 cm³/mol. The first-order valence-corrected chi connectivity index (χ1v) is 9.33. The van der Waals surface area contributed by atoms with Gasteiger partial charge in [0.05, 0.1) is 28.6 Å². The van der Waals surface area contributed by atoms with Crippen molar-refractivity contribution in [2.75, 3.05) is 36.0 Å². The molecule has 0 unspecified atom stereocenters. The zero-order valence-corrected chi connectivity index (χ0v) is 15.3. The summed E-state index contributed by atoms with van der Waals surface area (Å²) in [6.07, 6.45) is 5.43. The van der Waals surface area contributed by atoms with Crippen LogP contribution < -0.4 is 9.80 Å². The molecule has 1 aromatic carbocycles. The molecule has 0 spiro atoms. The second kappa shape index (κ2) is 7.19. The molecule has 7 heteroatoms. The molecule has 1 fully saturated rings. The number of fused-ring (bicyclic) bond motifs is 1. The van der Waals surface area contributed by atoms with Crippen LogP contribution in [0.5, 0.6) is 0 Å². The lowest BCUT2D eigenvalue weighted by Gasteiger charge is -2.35. The van der Waals surface area contributed by atoms with E-state index in [1.807, 2.05) is 54.7 Å². The number of aromatic nitrogens is 5. The van der Waals surface area contributed by atoms with E-state index >= 15 is 0 Å². The van der Waals surface area contributed by atoms with Crippen LogP contribution in [0, 0.1) is 0 Å². The Morgan fingerprint density at radius 3 is 2.21 bits per heavy atom. The van der Waals surface area contributed by atoms with Crippen LogP contribution in [0.4, 0.5) is 11.8 Å². The lowest BCUT2D eigenvalue weighted by molar-refractivity contribution is 0.635. The molecule has 0 bridgehead atoms. The second-order valence-electron chi connectivity index (χ2n) is 6.65. The molecule has 0 radical (unpaired) electrons. The van der Waals surface area contributed by atoms with Gasteiger partial charge in [0.15, 0.2) is 0 Å². The number of hydrogen-bond donors (Lipinski definition) is 0. The number of para-hydroxylation sites is 2. The second-order valence-corrected chi connectivity index (χ2v) is 6.65. The highest BCUT2D eigenvalue weighted by molar-refractivity contribution is 5.75. The van der Waals surface area contributed by atoms with E-state index in [2.05, 4.69) is 24.8 Å². The quantitative estimate of drug-likeness (QED) is 0.550. The van der Waals surface area contributed by atoms with Crippen molar-refractivity contribution in [2.45, 2.75) is 0 Å². The number of hydrogen-bond acceptors (Lipinski definition) is 7. The van der Waals surface area contributed by atoms with Crippen molar-refractivity contribution in [3.8, 4) is 11.4 Å². The molecule has 4 aromatic rings. The lowest BCUT2D eigenvalue weighted by Crippen LogP contribution is -2.47. The first kappa shape index (κ1) is 16.6. The minimum absolute atomic E-state index is 0.743. The topological polar surface area (TPSA) is 70.9 Å². The highest BCUT2D eigenvalue weighted by atomic mass is 15.3. The maximum absolute atomic E-state index is 4.76. The van der Waals surface area contributed by atoms with Crippen LogP contribution in [0.15, 0.2) is 67.1 Å². The highest BCUT2D eigenvalue weighted by Gasteiger charge is 2.21. The van der Waals surface area contributed by atoms with E-state index < -0.39 is 0 Å². The van der Waals surface area contributed by atoms with Gasteiger partial charge in [-0.3, -0.25) is 9.97 Å². The molecular weight excluding hydrogens is 350 g/mol. The maximum atomic E-state index is 4.76. The summed E-state index contributed by atoms with van der Waals surface area (Å²) in [7, 11) is 0. The van der Waals surface area contributed by atoms with Gasteiger partial charge in [-0.15, -0.1) is 0 Å². The van der Waals surface area contributed by atoms with Gasteiger partial charge >= 0.3 is 0 Å². The molecule has 4 heterocycles. The Hall–Kier alpha value is -3.61. The maximum Gasteiger partial charge on any atom is 0.226 e. The predicted octanol–water partition coefficient (Wildman–Crippen LogP) is 2.81. The zero-order valence-electron chi connectivity index (χ0n) is 15.3. The van der Waals surface area contributed by atoms with Crippen molar-refractivity contribution in [2.24, 2.45) is 0 Å². The van der Waals surface area contributed by atoms with E-state index in [4.69, 9.17) is 9.97 Å². The van der Waals surface area contributed by atoms with Crippen LogP contribution in [0.3, 0.4) is 0 Å². The number of pyridine rings is 1. The molecular formula is C21H19N7. The summed E-state index contributed by atoms with van der Waals surface area (Å²) in [5.74, 6) is 1.66. The first-order chi connectivity index (χ1) is 13.9. The normalized spacial score (nSPS) is 14.4. The SMILES string of the molecule is c1ccc(-c2ccnc(N3CCN(c4cnc5ccccc5n4)CC3)n2)nc1. The fourth-order valence-corrected chi connectivity index (χ4v) is 3.39. The van der Waals surface area contributed by atoms with E-state index in [1.54, 1.807) is 12.4 Å². The number of anilines is 2. The Labute approximate surface area is 162 Å². The third-order valence-corrected chi connectivity index (χ3v) is 4.89. The van der Waals surface area contributed by atoms with Crippen LogP contribution in [-0.2, 0) is 0 Å². The number of piperazine rings is 1. The average Bonchev–Trinajstić information content (AvgIpc) is 2.79. The Bertz CT molecular complexity index is 1090. The molecule has 0 atom stereocenters. The van der Waals surface area contributed by atoms with Gasteiger partial charge in [0.25, 0.3) is 0 Å². The summed E-state index contributed by atoms with van der Waals surface area (Å²) in [6.45, 7) is 3.37. The highest BCUT2D eigenvalue weighted by Crippen LogP contribution is 2.20. The fraction of sp³-hybridized carbons (Fsp3) is 0.190. The Morgan fingerprint density at radius 2 is 1.39 bits per heavy atom. The minimum atomic E-state index is 0.743. The van der Waals surface area contributed by atoms with Crippen LogP contribution in [-0.4, -0.2) is 51.1 Å². The fourth-order valence-electron chi connectivity index (χ4n) is 3.39. The first-order valence-electron chi connectivity index (χ1n) is 9.33. The van der Waals surface area contributed by atoms with Crippen molar-refractivity contribution >= 4 is 22.8 Å². The Kier molecular flexibility index (Phi) is 4.25. The van der Waals surface area contributed by atoms with E-state index in [-0.39, 0.29) is 0 Å². The molecule has 0 amide bonds. The number of benzene rings is 1. The summed E-state index contributed by atoms with van der Waals surface area (Å²) in [4.78, 5) is 27.3. The van der Waals surface area contributed by atoms with E-state index in [1.165, 1.54) is 0 Å². The third kappa shape index (κ3) is 3.22. The van der Waals surface area contributed by atoms with Gasteiger partial charge in [-0.2, -0.15) is 0 Å². The number of nitrogens with zero attached hydrogens (tertiary/aromatic N) is 7. The zero-order chi connectivity index (χ0) is 18.8. The van der Waals surface area contributed by atoms with Crippen LogP contribution in [0.2, 0.25) is 0 Å². The summed E-state index contributed by atoms with van der Waals surface area (Å²) >= 11 is 0. The summed E-state index contributed by atoms with van der Waals surface area (Å²) in [6, 6.07) is 15.7. The molecule has 138 valence electrons. The van der Waals surface area contributed by atoms with Crippen molar-refractivity contribution in [3.05, 3.63) is 67.1 Å². The van der Waals surface area contributed by atoms with Crippen LogP contribution in [0.1, 0.15) is 0 Å². The largest absolute Gasteiger partial charge is 0.352 e. The summed E-state index contributed by atoms with van der Waals surface area (Å²) in [5, 5.41) is 0. The van der Waals surface area contributed by atoms with Gasteiger partial charge in [-0.25, -0.2) is 15.0 Å². The molecule has 7 nitrogen and oxygen atoms in total. The van der Waals surface area contributed by atoms with Crippen LogP contribution in [0.25, 0.3) is 22.4 Å². The van der Waals surface area contributed by atoms with Crippen molar-refractivity contribution in [1.82, 2.24) is 24.9 Å². The van der Waals surface area contributed by atoms with Gasteiger partial charge in [0.1, 0.15) is 5.82 Å². The smallest absolute Gasteiger partial charge is 0.226 e. The number of rotatable bonds is 3. The molecule has 1 aliphatic rings. The standard InChI is InChI=1S/C21H19N7/c1-2-7-18-17(5-1)24-15-20(25-18)27-11-13-28(14-12-27)21-23-10-8-19(26-21)16-6-3-4-9-22-16/h1-10,15H,11-14H2. The molecule has 3 aromatic heterocycles. The molecule has 28 heavy (non-hydrogen) atoms. The molecule has 5 rings (SSSR count). The minimum Gasteiger partial charge on any atom is -0.352 e. The third-order valence-electron chi connectivity index (χ3n) is 4.89. The van der Waals surface area contributed by atoms with Crippen molar-refractivity contribution < 1.29 is 0 Å². The Morgan fingerprint density at radius 1 is 0.607 bits per heavy atom. The monoisotopic (exact) mass is 369 g/mol. The molecule has 0 saturated carbocycles. The molecule has 0 aliphatic carbocycles. The van der Waals surface area contributed by atoms with E-state index in [0.717, 1.165) is 60.4 Å². The summed E-state index contributed by atoms with van der Waals surface area (Å²) in [5.41, 5.74) is 3.54. The summed E-state index contributed by atoms with van der Waals surface area (Å²) < 4.78 is 0. The van der Waals surface area contributed by atoms with Crippen molar-refractivity contribution in [1.29, 1.82) is 0 Å². The Balaban J connectivity index is 1.32. The van der Waals surface area contributed by atoms with E-state index in [9.17, 15) is 0 Å². The van der Waals surface area contributed by atoms with Crippen molar-refractivity contribution in [3.63, 3.8) is 0 Å². The van der Waals surface area contributed by atoms with Gasteiger partial charge in [0.2, 0.25) is 5.95 Å². The average molecular weight is 369 g/mol. The van der Waals surface area contributed by atoms with Crippen LogP contribution >= 0.6 is 0 Å². The molecule has 1 aliphatic heterocycles. The van der Waals surface area contributed by atoms with Gasteiger partial charge < -0.3 is 9.80 Å². The van der Waals surface area contributed by atoms with Gasteiger partial charge in [-0.1, -0.05) is 18.2 Å².